The Morgan fingerprint density at radius 1 is 1.10 bits per heavy atom. The predicted octanol–water partition coefficient (Wildman–Crippen LogP) is 6.14. The molecule has 0 spiro atoms. The van der Waals surface area contributed by atoms with Crippen LogP contribution in [0.5, 0.6) is 0 Å². The predicted molar refractivity (Wildman–Crippen MR) is 111 cm³/mol. The van der Waals surface area contributed by atoms with Gasteiger partial charge in [-0.1, -0.05) is 6.07 Å². The molecule has 6 heteroatoms. The van der Waals surface area contributed by atoms with Crippen molar-refractivity contribution in [3.8, 4) is 22.6 Å². The van der Waals surface area contributed by atoms with Gasteiger partial charge in [0.1, 0.15) is 11.6 Å². The van der Waals surface area contributed by atoms with Crippen molar-refractivity contribution in [2.24, 2.45) is 0 Å². The first-order chi connectivity index (χ1) is 13.9. The monoisotopic (exact) mass is 581 g/mol. The second-order valence-corrected chi connectivity index (χ2v) is 6.37. The molecule has 0 bridgehead atoms. The SMILES string of the molecule is CC(=O)/C=C(/C)O.Fc1ccc(-c2cc3nc(-c4[c-]cccc4)ccc3o2)cc1.[Ir]. The van der Waals surface area contributed by atoms with Crippen molar-refractivity contribution >= 4 is 16.9 Å². The van der Waals surface area contributed by atoms with E-state index in [1.165, 1.54) is 32.1 Å². The molecule has 0 unspecified atom stereocenters. The molecule has 0 atom stereocenters. The van der Waals surface area contributed by atoms with E-state index in [0.29, 0.717) is 11.3 Å². The van der Waals surface area contributed by atoms with Crippen molar-refractivity contribution in [3.05, 3.63) is 90.4 Å². The summed E-state index contributed by atoms with van der Waals surface area (Å²) in [6.07, 6.45) is 1.17. The van der Waals surface area contributed by atoms with Crippen LogP contribution < -0.4 is 0 Å². The zero-order chi connectivity index (χ0) is 20.8. The second kappa shape index (κ2) is 10.6. The average Bonchev–Trinajstić information content (AvgIpc) is 3.12. The first-order valence-electron chi connectivity index (χ1n) is 8.94. The van der Waals surface area contributed by atoms with E-state index in [9.17, 15) is 9.18 Å². The molecule has 2 aromatic heterocycles. The van der Waals surface area contributed by atoms with E-state index in [4.69, 9.17) is 9.52 Å². The van der Waals surface area contributed by atoms with Gasteiger partial charge in [-0.05, 0) is 49.9 Å². The van der Waals surface area contributed by atoms with Crippen molar-refractivity contribution in [2.75, 3.05) is 0 Å². The van der Waals surface area contributed by atoms with Crippen molar-refractivity contribution < 1.29 is 38.8 Å². The van der Waals surface area contributed by atoms with Crippen molar-refractivity contribution in [3.63, 3.8) is 0 Å². The molecule has 1 N–H and O–H groups in total. The number of furan rings is 1. The summed E-state index contributed by atoms with van der Waals surface area (Å²) < 4.78 is 18.8. The third kappa shape index (κ3) is 6.21. The molecule has 0 aliphatic rings. The fourth-order valence-corrected chi connectivity index (χ4v) is 2.68. The number of carbonyl (C=O) groups excluding carboxylic acids is 1. The van der Waals surface area contributed by atoms with E-state index in [1.807, 2.05) is 42.5 Å². The molecule has 4 nitrogen and oxygen atoms in total. The molecular formula is C24H19FIrNO3-. The van der Waals surface area contributed by atoms with Gasteiger partial charge >= 0.3 is 0 Å². The van der Waals surface area contributed by atoms with E-state index in [2.05, 4.69) is 11.1 Å². The van der Waals surface area contributed by atoms with Crippen molar-refractivity contribution in [1.82, 2.24) is 4.98 Å². The molecule has 1 radical (unpaired) electrons. The zero-order valence-corrected chi connectivity index (χ0v) is 18.7. The van der Waals surface area contributed by atoms with Crippen LogP contribution in [0.4, 0.5) is 4.39 Å². The van der Waals surface area contributed by atoms with Crippen LogP contribution in [0.3, 0.4) is 0 Å². The van der Waals surface area contributed by atoms with Gasteiger partial charge in [-0.25, -0.2) is 4.39 Å². The topological polar surface area (TPSA) is 63.3 Å². The third-order valence-electron chi connectivity index (χ3n) is 3.90. The van der Waals surface area contributed by atoms with Gasteiger partial charge in [-0.15, -0.1) is 35.9 Å². The number of fused-ring (bicyclic) bond motifs is 1. The van der Waals surface area contributed by atoms with Gasteiger partial charge in [0.15, 0.2) is 11.4 Å². The van der Waals surface area contributed by atoms with Gasteiger partial charge < -0.3 is 9.52 Å². The molecule has 0 aliphatic heterocycles. The minimum Gasteiger partial charge on any atom is -0.512 e. The van der Waals surface area contributed by atoms with E-state index in [1.54, 1.807) is 12.1 Å². The first kappa shape index (κ1) is 23.2. The number of aromatic nitrogens is 1. The number of pyridine rings is 1. The molecular weight excluding hydrogens is 561 g/mol. The summed E-state index contributed by atoms with van der Waals surface area (Å²) in [5.41, 5.74) is 4.09. The fourth-order valence-electron chi connectivity index (χ4n) is 2.68. The summed E-state index contributed by atoms with van der Waals surface area (Å²) in [7, 11) is 0. The number of aliphatic hydroxyl groups excluding tert-OH is 1. The van der Waals surface area contributed by atoms with E-state index in [-0.39, 0.29) is 37.5 Å². The van der Waals surface area contributed by atoms with E-state index < -0.39 is 0 Å². The number of aliphatic hydroxyl groups is 1. The molecule has 30 heavy (non-hydrogen) atoms. The van der Waals surface area contributed by atoms with Gasteiger partial charge in [0.2, 0.25) is 0 Å². The maximum atomic E-state index is 13.0. The molecule has 4 aromatic rings. The molecule has 0 amide bonds. The van der Waals surface area contributed by atoms with Crippen molar-refractivity contribution in [2.45, 2.75) is 13.8 Å². The van der Waals surface area contributed by atoms with Gasteiger partial charge in [-0.3, -0.25) is 9.78 Å². The molecule has 0 saturated carbocycles. The number of carbonyl (C=O) groups is 1. The van der Waals surface area contributed by atoms with Crippen LogP contribution in [-0.2, 0) is 24.9 Å². The maximum absolute atomic E-state index is 13.0. The minimum atomic E-state index is -0.264. The number of hydrogen-bond acceptors (Lipinski definition) is 4. The Morgan fingerprint density at radius 2 is 1.83 bits per heavy atom. The van der Waals surface area contributed by atoms with Crippen LogP contribution in [-0.4, -0.2) is 15.9 Å². The van der Waals surface area contributed by atoms with Crippen LogP contribution in [0.2, 0.25) is 0 Å². The van der Waals surface area contributed by atoms with Gasteiger partial charge in [0.05, 0.1) is 11.3 Å². The van der Waals surface area contributed by atoms with Crippen molar-refractivity contribution in [1.29, 1.82) is 0 Å². The Bertz CT molecular complexity index is 1150. The largest absolute Gasteiger partial charge is 0.512 e. The molecule has 155 valence electrons. The van der Waals surface area contributed by atoms with Gasteiger partial charge in [-0.2, -0.15) is 0 Å². The Kier molecular flexibility index (Phi) is 8.22. The number of ketones is 1. The number of nitrogens with zero attached hydrogens (tertiary/aromatic N) is 1. The molecule has 4 rings (SSSR count). The van der Waals surface area contributed by atoms with Crippen LogP contribution in [0, 0.1) is 11.9 Å². The van der Waals surface area contributed by atoms with Crippen LogP contribution >= 0.6 is 0 Å². The van der Waals surface area contributed by atoms with Gasteiger partial charge in [0.25, 0.3) is 0 Å². The van der Waals surface area contributed by atoms with Gasteiger partial charge in [0, 0.05) is 37.8 Å². The third-order valence-corrected chi connectivity index (χ3v) is 3.90. The van der Waals surface area contributed by atoms with Crippen LogP contribution in [0.1, 0.15) is 13.8 Å². The second-order valence-electron chi connectivity index (χ2n) is 6.37. The summed E-state index contributed by atoms with van der Waals surface area (Å²) in [4.78, 5) is 14.6. The molecule has 0 fully saturated rings. The number of benzene rings is 2. The summed E-state index contributed by atoms with van der Waals surface area (Å²) in [5, 5.41) is 8.36. The summed E-state index contributed by atoms with van der Waals surface area (Å²) >= 11 is 0. The maximum Gasteiger partial charge on any atom is 0.155 e. The smallest absolute Gasteiger partial charge is 0.155 e. The molecule has 2 aromatic carbocycles. The number of hydrogen-bond donors (Lipinski definition) is 1. The zero-order valence-electron chi connectivity index (χ0n) is 16.4. The molecule has 0 saturated heterocycles. The fraction of sp³-hybridized carbons (Fsp3) is 0.0833. The Balaban J connectivity index is 0.000000350. The summed E-state index contributed by atoms with van der Waals surface area (Å²) in [6, 6.07) is 22.8. The minimum absolute atomic E-state index is 0. The number of allylic oxidation sites excluding steroid dienone is 2. The standard InChI is InChI=1S/C19H11FNO.C5H8O2.Ir/c20-15-8-6-14(7-9-15)19-12-17-18(22-19)11-10-16(21-17)13-4-2-1-3-5-13;1-4(6)3-5(2)7;/h1-4,6-12H;3,6H,1-2H3;/q-1;;/b;4-3-;. The molecule has 0 aliphatic carbocycles. The summed E-state index contributed by atoms with van der Waals surface area (Å²) in [5.74, 6) is 0.351. The Labute approximate surface area is 187 Å². The number of halogens is 1. The Hall–Kier alpha value is -3.08. The van der Waals surface area contributed by atoms with E-state index in [0.717, 1.165) is 22.3 Å². The van der Waals surface area contributed by atoms with Crippen LogP contribution in [0.25, 0.3) is 33.7 Å². The first-order valence-corrected chi connectivity index (χ1v) is 8.94. The quantitative estimate of drug-likeness (QED) is 0.180. The Morgan fingerprint density at radius 3 is 2.40 bits per heavy atom. The van der Waals surface area contributed by atoms with Crippen LogP contribution in [0.15, 0.2) is 83.0 Å². The molecule has 2 heterocycles. The number of rotatable bonds is 3. The van der Waals surface area contributed by atoms with E-state index >= 15 is 0 Å². The summed E-state index contributed by atoms with van der Waals surface area (Å²) in [6.45, 7) is 2.85. The average molecular weight is 581 g/mol. The normalized spacial score (nSPS) is 10.7.